The molecule has 0 bridgehead atoms. The predicted molar refractivity (Wildman–Crippen MR) is 84.1 cm³/mol. The Hall–Kier alpha value is -1.73. The second-order valence-corrected chi connectivity index (χ2v) is 6.42. The van der Waals surface area contributed by atoms with E-state index in [2.05, 4.69) is 9.88 Å². The third kappa shape index (κ3) is 2.78. The fourth-order valence-electron chi connectivity index (χ4n) is 2.97. The van der Waals surface area contributed by atoms with Crippen LogP contribution < -0.4 is 5.56 Å². The van der Waals surface area contributed by atoms with Gasteiger partial charge in [-0.05, 0) is 26.3 Å². The van der Waals surface area contributed by atoms with Gasteiger partial charge in [-0.25, -0.2) is 4.98 Å². The molecular formula is C15H19N3O3S. The first kappa shape index (κ1) is 15.2. The number of rotatable bonds is 3. The fraction of sp³-hybridized carbons (Fsp3) is 0.533. The number of likely N-dealkylation sites (tertiary alicyclic amines) is 1. The molecule has 3 heterocycles. The Bertz CT molecular complexity index is 752. The van der Waals surface area contributed by atoms with Crippen molar-refractivity contribution in [3.63, 3.8) is 0 Å². The number of fused-ring (bicyclic) bond motifs is 1. The van der Waals surface area contributed by atoms with Crippen LogP contribution in [-0.4, -0.2) is 40.0 Å². The minimum Gasteiger partial charge on any atom is -0.468 e. The van der Waals surface area contributed by atoms with Gasteiger partial charge >= 0.3 is 5.97 Å². The SMILES string of the molecule is COC(=O)C1CCCCN1Cc1cc(=O)n2c(C)csc2n1. The Morgan fingerprint density at radius 1 is 1.50 bits per heavy atom. The molecule has 0 spiro atoms. The van der Waals surface area contributed by atoms with Crippen molar-refractivity contribution in [2.24, 2.45) is 0 Å². The van der Waals surface area contributed by atoms with Crippen LogP contribution in [-0.2, 0) is 16.1 Å². The molecule has 0 amide bonds. The minimum atomic E-state index is -0.232. The highest BCUT2D eigenvalue weighted by molar-refractivity contribution is 7.15. The highest BCUT2D eigenvalue weighted by Crippen LogP contribution is 2.20. The van der Waals surface area contributed by atoms with Gasteiger partial charge in [0.05, 0.1) is 12.8 Å². The van der Waals surface area contributed by atoms with Crippen molar-refractivity contribution in [3.05, 3.63) is 33.2 Å². The number of ether oxygens (including phenoxy) is 1. The molecule has 1 atom stereocenters. The lowest BCUT2D eigenvalue weighted by Crippen LogP contribution is -2.44. The fourth-order valence-corrected chi connectivity index (χ4v) is 3.86. The summed E-state index contributed by atoms with van der Waals surface area (Å²) >= 11 is 1.46. The van der Waals surface area contributed by atoms with Crippen molar-refractivity contribution in [1.82, 2.24) is 14.3 Å². The van der Waals surface area contributed by atoms with E-state index in [1.165, 1.54) is 18.4 Å². The molecule has 1 unspecified atom stereocenters. The highest BCUT2D eigenvalue weighted by atomic mass is 32.1. The highest BCUT2D eigenvalue weighted by Gasteiger charge is 2.29. The molecule has 3 rings (SSSR count). The quantitative estimate of drug-likeness (QED) is 0.803. The number of aromatic nitrogens is 2. The van der Waals surface area contributed by atoms with Crippen molar-refractivity contribution in [3.8, 4) is 0 Å². The predicted octanol–water partition coefficient (Wildman–Crippen LogP) is 1.59. The lowest BCUT2D eigenvalue weighted by molar-refractivity contribution is -0.148. The zero-order valence-corrected chi connectivity index (χ0v) is 13.6. The maximum Gasteiger partial charge on any atom is 0.323 e. The van der Waals surface area contributed by atoms with Crippen molar-refractivity contribution in [2.75, 3.05) is 13.7 Å². The lowest BCUT2D eigenvalue weighted by Gasteiger charge is -2.33. The molecule has 118 valence electrons. The van der Waals surface area contributed by atoms with E-state index in [-0.39, 0.29) is 17.6 Å². The van der Waals surface area contributed by atoms with Gasteiger partial charge in [-0.15, -0.1) is 11.3 Å². The van der Waals surface area contributed by atoms with Gasteiger partial charge in [0.2, 0.25) is 0 Å². The number of hydrogen-bond donors (Lipinski definition) is 0. The lowest BCUT2D eigenvalue weighted by atomic mass is 10.0. The maximum atomic E-state index is 12.2. The Morgan fingerprint density at radius 2 is 2.32 bits per heavy atom. The summed E-state index contributed by atoms with van der Waals surface area (Å²) in [6, 6.07) is 1.33. The standard InChI is InChI=1S/C15H19N3O3S/c1-10-9-22-15-16-11(7-13(19)18(10)15)8-17-6-4-3-5-12(17)14(20)21-2/h7,9,12H,3-6,8H2,1-2H3. The number of methoxy groups -OCH3 is 1. The molecule has 7 heteroatoms. The summed E-state index contributed by atoms with van der Waals surface area (Å²) in [5, 5.41) is 1.92. The number of carbonyl (C=O) groups excluding carboxylic acids is 1. The van der Waals surface area contributed by atoms with Gasteiger partial charge in [0, 0.05) is 23.7 Å². The molecular weight excluding hydrogens is 302 g/mol. The number of aryl methyl sites for hydroxylation is 1. The largest absolute Gasteiger partial charge is 0.468 e. The second kappa shape index (κ2) is 6.18. The number of piperidine rings is 1. The van der Waals surface area contributed by atoms with Crippen LogP contribution in [0, 0.1) is 6.92 Å². The molecule has 0 radical (unpaired) electrons. The Balaban J connectivity index is 1.88. The van der Waals surface area contributed by atoms with Crippen molar-refractivity contribution >= 4 is 22.3 Å². The topological polar surface area (TPSA) is 63.9 Å². The number of esters is 1. The van der Waals surface area contributed by atoms with Crippen LogP contribution in [0.3, 0.4) is 0 Å². The van der Waals surface area contributed by atoms with Crippen LogP contribution in [0.4, 0.5) is 0 Å². The second-order valence-electron chi connectivity index (χ2n) is 5.59. The summed E-state index contributed by atoms with van der Waals surface area (Å²) in [4.78, 5) is 31.4. The van der Waals surface area contributed by atoms with Gasteiger partial charge in [-0.2, -0.15) is 0 Å². The molecule has 0 N–H and O–H groups in total. The van der Waals surface area contributed by atoms with Crippen LogP contribution in [0.1, 0.15) is 30.7 Å². The summed E-state index contributed by atoms with van der Waals surface area (Å²) < 4.78 is 6.50. The number of carbonyl (C=O) groups is 1. The van der Waals surface area contributed by atoms with E-state index >= 15 is 0 Å². The molecule has 1 aliphatic heterocycles. The third-order valence-electron chi connectivity index (χ3n) is 4.08. The van der Waals surface area contributed by atoms with Crippen LogP contribution in [0.5, 0.6) is 0 Å². The monoisotopic (exact) mass is 321 g/mol. The van der Waals surface area contributed by atoms with Crippen LogP contribution in [0.15, 0.2) is 16.2 Å². The number of nitrogens with zero attached hydrogens (tertiary/aromatic N) is 3. The molecule has 0 saturated carbocycles. The van der Waals surface area contributed by atoms with Gasteiger partial charge in [-0.3, -0.25) is 18.9 Å². The van der Waals surface area contributed by atoms with Gasteiger partial charge in [0.25, 0.3) is 5.56 Å². The number of thiazole rings is 1. The Kier molecular flexibility index (Phi) is 4.26. The van der Waals surface area contributed by atoms with E-state index in [9.17, 15) is 9.59 Å². The van der Waals surface area contributed by atoms with Crippen LogP contribution in [0.25, 0.3) is 4.96 Å². The summed E-state index contributed by atoms with van der Waals surface area (Å²) in [6.07, 6.45) is 2.87. The first-order chi connectivity index (χ1) is 10.6. The summed E-state index contributed by atoms with van der Waals surface area (Å²) in [6.45, 7) is 3.22. The molecule has 0 aromatic carbocycles. The molecule has 1 aliphatic rings. The summed E-state index contributed by atoms with van der Waals surface area (Å²) in [5.74, 6) is -0.204. The van der Waals surface area contributed by atoms with Crippen molar-refractivity contribution in [2.45, 2.75) is 38.8 Å². The average molecular weight is 321 g/mol. The van der Waals surface area contributed by atoms with Crippen molar-refractivity contribution < 1.29 is 9.53 Å². The van der Waals surface area contributed by atoms with Crippen molar-refractivity contribution in [1.29, 1.82) is 0 Å². The molecule has 1 saturated heterocycles. The zero-order valence-electron chi connectivity index (χ0n) is 12.7. The molecule has 2 aromatic heterocycles. The third-order valence-corrected chi connectivity index (χ3v) is 5.02. The van der Waals surface area contributed by atoms with E-state index in [0.29, 0.717) is 17.2 Å². The van der Waals surface area contributed by atoms with E-state index in [1.807, 2.05) is 12.3 Å². The summed E-state index contributed by atoms with van der Waals surface area (Å²) in [5.41, 5.74) is 1.54. The Labute approximate surface area is 132 Å². The Morgan fingerprint density at radius 3 is 3.09 bits per heavy atom. The van der Waals surface area contributed by atoms with Gasteiger partial charge < -0.3 is 4.74 Å². The normalized spacial score (nSPS) is 19.5. The van der Waals surface area contributed by atoms with E-state index in [4.69, 9.17) is 4.74 Å². The zero-order chi connectivity index (χ0) is 15.7. The number of hydrogen-bond acceptors (Lipinski definition) is 6. The maximum absolute atomic E-state index is 12.2. The van der Waals surface area contributed by atoms with Gasteiger partial charge in [-0.1, -0.05) is 6.42 Å². The molecule has 2 aromatic rings. The minimum absolute atomic E-state index is 0.0645. The molecule has 22 heavy (non-hydrogen) atoms. The van der Waals surface area contributed by atoms with E-state index in [1.54, 1.807) is 10.5 Å². The average Bonchev–Trinajstić information content (AvgIpc) is 2.89. The van der Waals surface area contributed by atoms with E-state index in [0.717, 1.165) is 31.5 Å². The van der Waals surface area contributed by atoms with E-state index < -0.39 is 0 Å². The first-order valence-electron chi connectivity index (χ1n) is 7.39. The van der Waals surface area contributed by atoms with Gasteiger partial charge in [0.15, 0.2) is 4.96 Å². The van der Waals surface area contributed by atoms with Gasteiger partial charge in [0.1, 0.15) is 6.04 Å². The smallest absolute Gasteiger partial charge is 0.323 e. The van der Waals surface area contributed by atoms with Crippen LogP contribution in [0.2, 0.25) is 0 Å². The molecule has 1 fully saturated rings. The molecule has 6 nitrogen and oxygen atoms in total. The summed E-state index contributed by atoms with van der Waals surface area (Å²) in [7, 11) is 1.42. The van der Waals surface area contributed by atoms with Crippen LogP contribution >= 0.6 is 11.3 Å². The first-order valence-corrected chi connectivity index (χ1v) is 8.27. The molecule has 0 aliphatic carbocycles.